The van der Waals surface area contributed by atoms with Crippen LogP contribution in [0.5, 0.6) is 0 Å². The number of fused-ring (bicyclic) bond motifs is 12. The molecule has 0 bridgehead atoms. The second-order valence-electron chi connectivity index (χ2n) is 27.2. The zero-order valence-corrected chi connectivity index (χ0v) is 47.2. The molecule has 76 heavy (non-hydrogen) atoms. The summed E-state index contributed by atoms with van der Waals surface area (Å²) < 4.78 is 16.8. The normalized spacial score (nSPS) is 13.9. The van der Waals surface area contributed by atoms with Gasteiger partial charge in [0.2, 0.25) is 5.71 Å². The fraction of sp³-hybridized carbons (Fsp3) is 0.286. The lowest BCUT2D eigenvalue weighted by Gasteiger charge is -2.42. The first-order valence-corrected chi connectivity index (χ1v) is 27.4. The van der Waals surface area contributed by atoms with E-state index in [-0.39, 0.29) is 33.8 Å². The summed E-state index contributed by atoms with van der Waals surface area (Å²) in [6, 6.07) is 57.7. The Hall–Kier alpha value is -7.44. The smallest absolute Gasteiger partial charge is 0.252 e. The summed E-state index contributed by atoms with van der Waals surface area (Å²) in [4.78, 5) is 5.00. The summed E-state index contributed by atoms with van der Waals surface area (Å²) in [5.41, 5.74) is 22.4. The van der Waals surface area contributed by atoms with Gasteiger partial charge in [-0.05, 0) is 144 Å². The molecule has 6 heteroatoms. The van der Waals surface area contributed by atoms with Gasteiger partial charge in [-0.3, -0.25) is 4.57 Å². The summed E-state index contributed by atoms with van der Waals surface area (Å²) in [7, 11) is 0. The first-order valence-electron chi connectivity index (χ1n) is 27.4. The van der Waals surface area contributed by atoms with Crippen LogP contribution in [0.3, 0.4) is 0 Å². The highest BCUT2D eigenvalue weighted by molar-refractivity contribution is 7.00. The zero-order valence-electron chi connectivity index (χ0n) is 47.2. The molecule has 8 aromatic carbocycles. The Bertz CT molecular complexity index is 4130. The molecule has 0 saturated heterocycles. The van der Waals surface area contributed by atoms with Crippen LogP contribution in [0, 0.1) is 0 Å². The lowest BCUT2D eigenvalue weighted by Crippen LogP contribution is -2.60. The van der Waals surface area contributed by atoms with Crippen LogP contribution in [0.25, 0.3) is 60.6 Å². The monoisotopic (exact) mass is 996 g/mol. The van der Waals surface area contributed by atoms with Crippen molar-refractivity contribution >= 4 is 112 Å². The predicted octanol–water partition coefficient (Wildman–Crippen LogP) is 18.0. The van der Waals surface area contributed by atoms with Crippen molar-refractivity contribution in [3.63, 3.8) is 0 Å². The predicted molar refractivity (Wildman–Crippen MR) is 325 cm³/mol. The van der Waals surface area contributed by atoms with E-state index in [2.05, 4.69) is 270 Å². The minimum atomic E-state index is -0.200. The zero-order chi connectivity index (χ0) is 53.3. The summed E-state index contributed by atoms with van der Waals surface area (Å²) in [6.45, 7) is 34.5. The molecule has 0 aliphatic carbocycles. The molecule has 3 aromatic heterocycles. The Labute approximate surface area is 449 Å². The number of hydrogen-bond donors (Lipinski definition) is 0. The van der Waals surface area contributed by atoms with Crippen molar-refractivity contribution < 1.29 is 8.83 Å². The number of hydrogen-bond acceptors (Lipinski definition) is 4. The third-order valence-electron chi connectivity index (χ3n) is 16.8. The molecule has 2 aliphatic heterocycles. The Balaban J connectivity index is 1.16. The number of furan rings is 2. The number of rotatable bonds is 4. The van der Waals surface area contributed by atoms with E-state index in [4.69, 9.17) is 8.83 Å². The van der Waals surface area contributed by atoms with Crippen LogP contribution >= 0.6 is 0 Å². The topological polar surface area (TPSA) is 37.7 Å². The maximum Gasteiger partial charge on any atom is 0.252 e. The van der Waals surface area contributed by atoms with Gasteiger partial charge >= 0.3 is 0 Å². The first kappa shape index (κ1) is 48.2. The fourth-order valence-electron chi connectivity index (χ4n) is 12.3. The number of para-hydroxylation sites is 2. The van der Waals surface area contributed by atoms with Gasteiger partial charge in [0.25, 0.3) is 6.71 Å². The molecule has 2 aliphatic rings. The Kier molecular flexibility index (Phi) is 10.2. The van der Waals surface area contributed by atoms with Crippen LogP contribution < -0.4 is 26.2 Å². The molecule has 0 radical (unpaired) electrons. The van der Waals surface area contributed by atoms with Crippen molar-refractivity contribution in [3.8, 4) is 5.69 Å². The van der Waals surface area contributed by atoms with Gasteiger partial charge in [-0.25, -0.2) is 0 Å². The Morgan fingerprint density at radius 2 is 0.947 bits per heavy atom. The number of benzene rings is 8. The third-order valence-corrected chi connectivity index (χ3v) is 16.8. The molecule has 5 nitrogen and oxygen atoms in total. The van der Waals surface area contributed by atoms with E-state index in [1.807, 2.05) is 0 Å². The number of nitrogens with zero attached hydrogens (tertiary/aromatic N) is 3. The van der Waals surface area contributed by atoms with E-state index in [0.717, 1.165) is 78.4 Å². The van der Waals surface area contributed by atoms with Gasteiger partial charge in [0, 0.05) is 55.7 Å². The fourth-order valence-corrected chi connectivity index (χ4v) is 12.3. The highest BCUT2D eigenvalue weighted by Crippen LogP contribution is 2.50. The molecule has 5 heterocycles. The van der Waals surface area contributed by atoms with E-state index in [1.165, 1.54) is 60.5 Å². The molecule has 0 unspecified atom stereocenters. The van der Waals surface area contributed by atoms with Crippen molar-refractivity contribution in [2.24, 2.45) is 0 Å². The van der Waals surface area contributed by atoms with Gasteiger partial charge in [-0.1, -0.05) is 183 Å². The van der Waals surface area contributed by atoms with Crippen molar-refractivity contribution in [3.05, 3.63) is 179 Å². The van der Waals surface area contributed by atoms with Crippen LogP contribution in [-0.4, -0.2) is 11.3 Å². The van der Waals surface area contributed by atoms with E-state index >= 15 is 0 Å². The van der Waals surface area contributed by atoms with Crippen LogP contribution in [-0.2, 0) is 27.1 Å². The highest BCUT2D eigenvalue weighted by Gasteiger charge is 2.45. The maximum atomic E-state index is 7.25. The van der Waals surface area contributed by atoms with Gasteiger partial charge in [0.05, 0.1) is 16.6 Å². The summed E-state index contributed by atoms with van der Waals surface area (Å²) in [6.07, 6.45) is 0. The average Bonchev–Trinajstić information content (AvgIpc) is 4.19. The highest BCUT2D eigenvalue weighted by atomic mass is 16.3. The molecular weight excluding hydrogens is 926 g/mol. The van der Waals surface area contributed by atoms with E-state index in [1.54, 1.807) is 0 Å². The molecular formula is C70H70BN3O2. The van der Waals surface area contributed by atoms with Crippen molar-refractivity contribution in [2.45, 2.75) is 131 Å². The lowest BCUT2D eigenvalue weighted by molar-refractivity contribution is 0.587. The molecule has 0 spiro atoms. The molecule has 0 atom stereocenters. The van der Waals surface area contributed by atoms with E-state index < -0.39 is 0 Å². The minimum absolute atomic E-state index is 0.0133. The van der Waals surface area contributed by atoms with Crippen LogP contribution in [0.2, 0.25) is 0 Å². The van der Waals surface area contributed by atoms with Gasteiger partial charge < -0.3 is 18.6 Å². The second-order valence-corrected chi connectivity index (χ2v) is 27.2. The third kappa shape index (κ3) is 7.33. The summed E-state index contributed by atoms with van der Waals surface area (Å²) in [5, 5.41) is 5.77. The summed E-state index contributed by atoms with van der Waals surface area (Å²) in [5.74, 6) is 0. The minimum Gasteiger partial charge on any atom is -0.454 e. The SMILES string of the molecule is CC(C)(C)c1ccc(N(c2ccc(C(C)(C)C)cc2)c2ccc3c(c2)N(c2cccc4c2oc2cc(C(C)(C)C)ccc24)c2cc(C(C)(C)C)cc4c2B3c2cc(C(C)(C)C)cc3c5c6ccccc6oc5n-4c23)cc1. The Morgan fingerprint density at radius 3 is 1.58 bits per heavy atom. The lowest BCUT2D eigenvalue weighted by atomic mass is 9.33. The van der Waals surface area contributed by atoms with Gasteiger partial charge in [0.15, 0.2) is 5.58 Å². The molecule has 11 aromatic rings. The van der Waals surface area contributed by atoms with E-state index in [0.29, 0.717) is 0 Å². The number of aromatic nitrogens is 1. The maximum absolute atomic E-state index is 7.25. The van der Waals surface area contributed by atoms with Crippen molar-refractivity contribution in [1.29, 1.82) is 0 Å². The van der Waals surface area contributed by atoms with Crippen LogP contribution in [0.1, 0.15) is 132 Å². The molecule has 0 saturated carbocycles. The van der Waals surface area contributed by atoms with E-state index in [9.17, 15) is 0 Å². The Morgan fingerprint density at radius 1 is 0.382 bits per heavy atom. The van der Waals surface area contributed by atoms with Crippen molar-refractivity contribution in [1.82, 2.24) is 4.57 Å². The van der Waals surface area contributed by atoms with Crippen molar-refractivity contribution in [2.75, 3.05) is 9.80 Å². The summed E-state index contributed by atoms with van der Waals surface area (Å²) >= 11 is 0. The largest absolute Gasteiger partial charge is 0.454 e. The molecule has 13 rings (SSSR count). The second kappa shape index (κ2) is 16.1. The van der Waals surface area contributed by atoms with Crippen LogP contribution in [0.15, 0.2) is 160 Å². The standard InChI is InChI=1S/C70H70BN3O2/c1-66(2,3)41-23-28-46(29-24-41)72(47-30-25-42(26-31-47)67(4,5)6)48-32-34-53-56(40-48)73(55-21-18-20-50-49-33-27-43(68(7,8)9)39-60(49)75-64(50)55)57-37-45(70(13,14)15)38-58-62(57)71(53)54-36-44(69(10,11)12)35-52-61-51-19-16-17-22-59(51)76-65(61)74(58)63(52)54/h16-40H,1-15H3. The molecule has 0 fully saturated rings. The molecule has 0 amide bonds. The van der Waals surface area contributed by atoms with Crippen LogP contribution in [0.4, 0.5) is 34.1 Å². The number of anilines is 6. The van der Waals surface area contributed by atoms with Gasteiger partial charge in [0.1, 0.15) is 11.2 Å². The average molecular weight is 996 g/mol. The van der Waals surface area contributed by atoms with Gasteiger partial charge in [-0.15, -0.1) is 0 Å². The van der Waals surface area contributed by atoms with Gasteiger partial charge in [-0.2, -0.15) is 0 Å². The molecule has 0 N–H and O–H groups in total. The molecule has 380 valence electrons. The quantitative estimate of drug-likeness (QED) is 0.165. The first-order chi connectivity index (χ1) is 35.8.